The number of aliphatic carboxylic acids is 1. The van der Waals surface area contributed by atoms with Crippen LogP contribution < -0.4 is 54.9 Å². The molecule has 64 heavy (non-hydrogen) atoms. The Labute approximate surface area is 372 Å². The van der Waals surface area contributed by atoms with E-state index < -0.39 is 127 Å². The smallest absolute Gasteiger partial charge is 0.325 e. The zero-order valence-corrected chi connectivity index (χ0v) is 37.1. The molecule has 0 heterocycles. The molecule has 23 heteroatoms. The van der Waals surface area contributed by atoms with Gasteiger partial charge in [0.25, 0.3) is 5.91 Å². The molecule has 1 rings (SSSR count). The summed E-state index contributed by atoms with van der Waals surface area (Å²) >= 11 is 0. The molecule has 0 bridgehead atoms. The Morgan fingerprint density at radius 1 is 0.656 bits per heavy atom. The van der Waals surface area contributed by atoms with Crippen molar-refractivity contribution in [3.8, 4) is 0 Å². The molecule has 23 nitrogen and oxygen atoms in total. The van der Waals surface area contributed by atoms with Gasteiger partial charge in [0.05, 0.1) is 19.1 Å². The van der Waals surface area contributed by atoms with Crippen molar-refractivity contribution in [2.75, 3.05) is 13.2 Å². The van der Waals surface area contributed by atoms with Crippen molar-refractivity contribution in [2.24, 2.45) is 34.9 Å². The fourth-order valence-corrected chi connectivity index (χ4v) is 6.10. The molecule has 0 fully saturated rings. The van der Waals surface area contributed by atoms with Crippen LogP contribution in [0.1, 0.15) is 91.5 Å². The summed E-state index contributed by atoms with van der Waals surface area (Å²) in [6.45, 7) is 7.88. The summed E-state index contributed by atoms with van der Waals surface area (Å²) in [5.74, 6) is -3.90. The molecule has 0 radical (unpaired) electrons. The van der Waals surface area contributed by atoms with Gasteiger partial charge in [-0.2, -0.15) is 0 Å². The van der Waals surface area contributed by atoms with Gasteiger partial charge in [-0.15, -0.1) is 0 Å². The first-order chi connectivity index (χ1) is 30.0. The summed E-state index contributed by atoms with van der Waals surface area (Å²) < 4.78 is 0. The van der Waals surface area contributed by atoms with Crippen LogP contribution in [-0.4, -0.2) is 130 Å². The Morgan fingerprint density at radius 3 is 1.73 bits per heavy atom. The van der Waals surface area contributed by atoms with E-state index in [1.165, 1.54) is 0 Å². The topological polar surface area (TPSA) is 391 Å². The quantitative estimate of drug-likeness (QED) is 0.0162. The first-order valence-corrected chi connectivity index (χ1v) is 21.0. The summed E-state index contributed by atoms with van der Waals surface area (Å²) in [4.78, 5) is 129. The normalized spacial score (nSPS) is 14.4. The van der Waals surface area contributed by atoms with Crippen LogP contribution in [0.2, 0.25) is 0 Å². The number of amides is 9. The number of rotatable bonds is 29. The fraction of sp³-hybridized carbons (Fsp3) is 0.610. The number of carbonyl (C=O) groups excluding carboxylic acids is 9. The lowest BCUT2D eigenvalue weighted by Gasteiger charge is -2.28. The van der Waals surface area contributed by atoms with Crippen molar-refractivity contribution in [1.82, 2.24) is 36.9 Å². The average molecular weight is 906 g/mol. The Balaban J connectivity index is 3.29. The van der Waals surface area contributed by atoms with Gasteiger partial charge >= 0.3 is 5.97 Å². The highest BCUT2D eigenvalue weighted by Gasteiger charge is 2.34. The van der Waals surface area contributed by atoms with E-state index in [0.29, 0.717) is 24.8 Å². The van der Waals surface area contributed by atoms with E-state index in [0.717, 1.165) is 6.92 Å². The maximum atomic E-state index is 14.0. The molecule has 0 aliphatic carbocycles. The van der Waals surface area contributed by atoms with Crippen LogP contribution >= 0.6 is 0 Å². The number of imide groups is 1. The summed E-state index contributed by atoms with van der Waals surface area (Å²) in [5, 5.41) is 33.7. The first-order valence-electron chi connectivity index (χ1n) is 21.0. The molecule has 0 aliphatic heterocycles. The van der Waals surface area contributed by atoms with Crippen LogP contribution in [-0.2, 0) is 54.4 Å². The third-order valence-electron chi connectivity index (χ3n) is 9.55. The SMILES string of the molecule is CC(C)C[C@H](NC(=O)[C@H](CCCCN)NC(=O)[C@H](CO)NC(=O)[C@@H](N)CC(C)C)C(=O)N[C@@H](Cc1ccccc1)C(=O)N(N)C(=O)CCC(=O)N[C@@H](CC(N)=O)C(=O)N[C@@H](C)C(=O)O. The van der Waals surface area contributed by atoms with Gasteiger partial charge in [-0.25, -0.2) is 10.9 Å². The summed E-state index contributed by atoms with van der Waals surface area (Å²) in [5.41, 5.74) is 17.3. The lowest BCUT2D eigenvalue weighted by Crippen LogP contribution is -2.60. The number of aliphatic hydroxyl groups is 1. The number of carboxylic acids is 1. The summed E-state index contributed by atoms with van der Waals surface area (Å²) in [6.07, 6.45) is -0.945. The van der Waals surface area contributed by atoms with E-state index in [1.54, 1.807) is 44.2 Å². The van der Waals surface area contributed by atoms with Crippen LogP contribution in [0.15, 0.2) is 30.3 Å². The lowest BCUT2D eigenvalue weighted by molar-refractivity contribution is -0.148. The minimum Gasteiger partial charge on any atom is -0.480 e. The number of nitrogens with zero attached hydrogens (tertiary/aromatic N) is 1. The van der Waals surface area contributed by atoms with Crippen molar-refractivity contribution in [1.29, 1.82) is 0 Å². The largest absolute Gasteiger partial charge is 0.480 e. The minimum atomic E-state index is -1.58. The van der Waals surface area contributed by atoms with Crippen molar-refractivity contribution < 1.29 is 58.2 Å². The van der Waals surface area contributed by atoms with Crippen molar-refractivity contribution in [2.45, 2.75) is 135 Å². The number of benzene rings is 1. The Kier molecular flexibility index (Phi) is 25.0. The molecule has 0 spiro atoms. The molecule has 16 N–H and O–H groups in total. The standard InChI is InChI=1S/C41H67N11O12/c1-22(2)17-26(43)35(57)51-31(21-53)39(61)48-27(13-9-10-16-42)36(58)49-28(18-23(3)4)38(60)50-30(19-25-11-7-6-8-12-25)40(62)52(45)34(56)15-14-33(55)47-29(20-32(44)54)37(59)46-24(5)41(63)64/h6-8,11-12,22-24,26-31,53H,9-10,13-21,42-43,45H2,1-5H3,(H2,44,54)(H,46,59)(H,47,55)(H,48,61)(H,49,58)(H,50,60)(H,51,57)(H,63,64)/t24-,26-,27-,28-,29-,30-,31-/m0/s1. The molecular formula is C41H67N11O12. The number of aliphatic hydroxyl groups excluding tert-OH is 1. The zero-order valence-electron chi connectivity index (χ0n) is 37.1. The number of primary amides is 1. The van der Waals surface area contributed by atoms with Crippen LogP contribution in [0.25, 0.3) is 0 Å². The van der Waals surface area contributed by atoms with E-state index in [2.05, 4.69) is 31.9 Å². The van der Waals surface area contributed by atoms with Gasteiger partial charge in [0.15, 0.2) is 0 Å². The molecule has 0 aromatic heterocycles. The van der Waals surface area contributed by atoms with E-state index in [-0.39, 0.29) is 42.7 Å². The molecule has 358 valence electrons. The summed E-state index contributed by atoms with van der Waals surface area (Å²) in [6, 6.07) is -1.07. The molecule has 0 unspecified atom stereocenters. The zero-order chi connectivity index (χ0) is 48.7. The molecule has 0 saturated carbocycles. The van der Waals surface area contributed by atoms with Gasteiger partial charge < -0.3 is 59.3 Å². The number of hydrogen-bond acceptors (Lipinski definition) is 14. The highest BCUT2D eigenvalue weighted by atomic mass is 16.4. The molecule has 1 aromatic carbocycles. The monoisotopic (exact) mass is 905 g/mol. The highest BCUT2D eigenvalue weighted by molar-refractivity contribution is 6.01. The third-order valence-corrected chi connectivity index (χ3v) is 9.55. The lowest BCUT2D eigenvalue weighted by atomic mass is 10.00. The highest BCUT2D eigenvalue weighted by Crippen LogP contribution is 2.12. The van der Waals surface area contributed by atoms with Crippen LogP contribution in [0.4, 0.5) is 0 Å². The van der Waals surface area contributed by atoms with E-state index in [4.69, 9.17) is 28.2 Å². The van der Waals surface area contributed by atoms with Crippen molar-refractivity contribution in [3.63, 3.8) is 0 Å². The summed E-state index contributed by atoms with van der Waals surface area (Å²) in [7, 11) is 0. The Bertz CT molecular complexity index is 1760. The molecule has 9 amide bonds. The van der Waals surface area contributed by atoms with Crippen molar-refractivity contribution in [3.05, 3.63) is 35.9 Å². The molecular weight excluding hydrogens is 839 g/mol. The van der Waals surface area contributed by atoms with Gasteiger partial charge in [-0.1, -0.05) is 58.0 Å². The number of hydrazine groups is 1. The minimum absolute atomic E-state index is 0.0424. The second-order valence-corrected chi connectivity index (χ2v) is 16.2. The first kappa shape index (κ1) is 56.0. The van der Waals surface area contributed by atoms with Crippen molar-refractivity contribution >= 4 is 59.1 Å². The van der Waals surface area contributed by atoms with Gasteiger partial charge in [0.2, 0.25) is 47.3 Å². The molecule has 0 saturated heterocycles. The second-order valence-electron chi connectivity index (χ2n) is 16.2. The predicted octanol–water partition coefficient (Wildman–Crippen LogP) is -3.33. The number of carboxylic acid groups (broad SMARTS) is 1. The maximum absolute atomic E-state index is 14.0. The number of nitrogens with one attached hydrogen (secondary N) is 6. The maximum Gasteiger partial charge on any atom is 0.325 e. The van der Waals surface area contributed by atoms with Gasteiger partial charge in [0, 0.05) is 19.3 Å². The predicted molar refractivity (Wildman–Crippen MR) is 231 cm³/mol. The van der Waals surface area contributed by atoms with Gasteiger partial charge in [-0.3, -0.25) is 47.9 Å². The Hall–Kier alpha value is -6.04. The van der Waals surface area contributed by atoms with E-state index in [9.17, 15) is 53.1 Å². The van der Waals surface area contributed by atoms with Gasteiger partial charge in [-0.05, 0) is 63.0 Å². The van der Waals surface area contributed by atoms with E-state index >= 15 is 0 Å². The average Bonchev–Trinajstić information content (AvgIpc) is 3.22. The van der Waals surface area contributed by atoms with E-state index in [1.807, 2.05) is 13.8 Å². The fourth-order valence-electron chi connectivity index (χ4n) is 6.10. The molecule has 1 aromatic rings. The molecule has 7 atom stereocenters. The number of hydrogen-bond donors (Lipinski definition) is 12. The number of unbranched alkanes of at least 4 members (excludes halogenated alkanes) is 1. The third kappa shape index (κ3) is 20.9. The second kappa shape index (κ2) is 28.6. The van der Waals surface area contributed by atoms with Crippen LogP contribution in [0.5, 0.6) is 0 Å². The molecule has 0 aliphatic rings. The number of nitrogens with two attached hydrogens (primary N) is 4. The van der Waals surface area contributed by atoms with Crippen LogP contribution in [0, 0.1) is 11.8 Å². The van der Waals surface area contributed by atoms with Gasteiger partial charge in [0.1, 0.15) is 36.3 Å². The number of carbonyl (C=O) groups is 10. The van der Waals surface area contributed by atoms with Crippen LogP contribution in [0.3, 0.4) is 0 Å². The Morgan fingerprint density at radius 2 is 1.19 bits per heavy atom.